The molecule has 0 radical (unpaired) electrons. The van der Waals surface area contributed by atoms with E-state index >= 15 is 0 Å². The van der Waals surface area contributed by atoms with Crippen LogP contribution in [0.25, 0.3) is 31.5 Å². The van der Waals surface area contributed by atoms with Gasteiger partial charge in [-0.05, 0) is 37.1 Å². The minimum atomic E-state index is -0.225. The molecule has 0 aliphatic carbocycles. The molecule has 0 saturated heterocycles. The number of benzene rings is 2. The number of nitrogens with one attached hydrogen (secondary N) is 1. The summed E-state index contributed by atoms with van der Waals surface area (Å²) in [6.07, 6.45) is 3.31. The van der Waals surface area contributed by atoms with Crippen molar-refractivity contribution in [3.63, 3.8) is 0 Å². The molecule has 6 nitrogen and oxygen atoms in total. The largest absolute Gasteiger partial charge is 0.385 e. The fourth-order valence-corrected chi connectivity index (χ4v) is 5.68. The number of hydrogen-bond acceptors (Lipinski definition) is 7. The first-order valence-corrected chi connectivity index (χ1v) is 12.5. The number of rotatable bonds is 8. The first kappa shape index (κ1) is 22.3. The van der Waals surface area contributed by atoms with E-state index in [0.29, 0.717) is 18.0 Å². The smallest absolute Gasteiger partial charge is 0.275 e. The molecule has 0 bridgehead atoms. The molecule has 1 N–H and O–H groups in total. The van der Waals surface area contributed by atoms with Crippen molar-refractivity contribution in [2.75, 3.05) is 19.0 Å². The van der Waals surface area contributed by atoms with Crippen LogP contribution in [0, 0.1) is 0 Å². The number of nitrogens with zero attached hydrogens (tertiary/aromatic N) is 3. The Hall–Kier alpha value is -3.46. The van der Waals surface area contributed by atoms with Gasteiger partial charge in [0.05, 0.1) is 5.69 Å². The maximum atomic E-state index is 13.4. The quantitative estimate of drug-likeness (QED) is 0.260. The number of thiazole rings is 2. The van der Waals surface area contributed by atoms with E-state index in [1.807, 2.05) is 66.7 Å². The summed E-state index contributed by atoms with van der Waals surface area (Å²) in [7, 11) is 1.68. The maximum Gasteiger partial charge on any atom is 0.275 e. The number of carbonyl (C=O) groups excluding carboxylic acids is 1. The van der Waals surface area contributed by atoms with E-state index in [1.54, 1.807) is 24.6 Å². The molecule has 2 aromatic carbocycles. The summed E-state index contributed by atoms with van der Waals surface area (Å²) in [5.74, 6) is -0.225. The number of pyridine rings is 1. The molecule has 0 fully saturated rings. The first-order valence-electron chi connectivity index (χ1n) is 10.9. The average Bonchev–Trinajstić information content (AvgIpc) is 3.50. The Morgan fingerprint density at radius 1 is 0.941 bits per heavy atom. The summed E-state index contributed by atoms with van der Waals surface area (Å²) in [4.78, 5) is 29.1. The molecule has 8 heteroatoms. The number of para-hydroxylation sites is 1. The van der Waals surface area contributed by atoms with Gasteiger partial charge in [0, 0.05) is 35.9 Å². The fraction of sp³-hybridized carbons (Fsp3) is 0.154. The van der Waals surface area contributed by atoms with Crippen molar-refractivity contribution in [1.29, 1.82) is 0 Å². The molecule has 0 saturated carbocycles. The van der Waals surface area contributed by atoms with Gasteiger partial charge in [-0.1, -0.05) is 53.8 Å². The summed E-state index contributed by atoms with van der Waals surface area (Å²) in [5, 5.41) is 4.74. The Morgan fingerprint density at radius 2 is 1.76 bits per heavy atom. The van der Waals surface area contributed by atoms with Gasteiger partial charge in [0.15, 0.2) is 0 Å². The summed E-state index contributed by atoms with van der Waals surface area (Å²) in [6.45, 7) is 0.633. The van der Waals surface area contributed by atoms with Gasteiger partial charge in [0.1, 0.15) is 26.1 Å². The van der Waals surface area contributed by atoms with E-state index < -0.39 is 0 Å². The monoisotopic (exact) mass is 486 g/mol. The molecule has 3 aromatic heterocycles. The molecule has 0 spiro atoms. The molecule has 3 heterocycles. The van der Waals surface area contributed by atoms with Crippen LogP contribution in [0.4, 0.5) is 5.69 Å². The molecule has 1 amide bonds. The number of methoxy groups -OCH3 is 1. The lowest BCUT2D eigenvalue weighted by Crippen LogP contribution is -2.15. The van der Waals surface area contributed by atoms with E-state index in [0.717, 1.165) is 49.2 Å². The maximum absolute atomic E-state index is 13.4. The van der Waals surface area contributed by atoms with E-state index in [4.69, 9.17) is 14.7 Å². The minimum absolute atomic E-state index is 0.225. The lowest BCUT2D eigenvalue weighted by atomic mass is 10.1. The topological polar surface area (TPSA) is 77.0 Å². The number of aromatic nitrogens is 3. The Labute approximate surface area is 205 Å². The van der Waals surface area contributed by atoms with Crippen LogP contribution in [0.5, 0.6) is 0 Å². The van der Waals surface area contributed by atoms with Crippen LogP contribution in [0.2, 0.25) is 0 Å². The van der Waals surface area contributed by atoms with Crippen LogP contribution in [0.15, 0.2) is 72.9 Å². The van der Waals surface area contributed by atoms with Crippen molar-refractivity contribution in [1.82, 2.24) is 15.0 Å². The van der Waals surface area contributed by atoms with Crippen molar-refractivity contribution < 1.29 is 9.53 Å². The van der Waals surface area contributed by atoms with Gasteiger partial charge in [-0.15, -0.1) is 11.3 Å². The molecule has 170 valence electrons. The Balaban J connectivity index is 1.47. The standard InChI is InChI=1S/C26H22N4O2S2/c1-32-16-8-14-21-22(30-24(33-21)17-9-3-2-4-10-17)23(31)28-19-12-6-5-11-18(19)25-29-20-13-7-15-27-26(20)34-25/h2-7,9-13,15H,8,14,16H2,1H3,(H,28,31). The number of carbonyl (C=O) groups is 1. The fourth-order valence-electron chi connectivity index (χ4n) is 3.63. The van der Waals surface area contributed by atoms with Gasteiger partial charge < -0.3 is 10.1 Å². The molecular formula is C26H22N4O2S2. The normalized spacial score (nSPS) is 11.1. The average molecular weight is 487 g/mol. The molecule has 0 aliphatic heterocycles. The predicted octanol–water partition coefficient (Wildman–Crippen LogP) is 6.31. The van der Waals surface area contributed by atoms with E-state index in [-0.39, 0.29) is 5.91 Å². The molecule has 0 atom stereocenters. The summed E-state index contributed by atoms with van der Waals surface area (Å²) >= 11 is 3.06. The van der Waals surface area contributed by atoms with Crippen LogP contribution in [-0.2, 0) is 11.2 Å². The number of amides is 1. The number of ether oxygens (including phenoxy) is 1. The highest BCUT2D eigenvalue weighted by atomic mass is 32.1. The zero-order valence-corrected chi connectivity index (χ0v) is 20.2. The van der Waals surface area contributed by atoms with Gasteiger partial charge in [-0.3, -0.25) is 4.79 Å². The molecule has 0 aliphatic rings. The second-order valence-electron chi connectivity index (χ2n) is 7.60. The van der Waals surface area contributed by atoms with Crippen molar-refractivity contribution >= 4 is 44.6 Å². The lowest BCUT2D eigenvalue weighted by molar-refractivity contribution is 0.102. The number of fused-ring (bicyclic) bond motifs is 1. The van der Waals surface area contributed by atoms with Gasteiger partial charge >= 0.3 is 0 Å². The highest BCUT2D eigenvalue weighted by molar-refractivity contribution is 7.21. The zero-order valence-electron chi connectivity index (χ0n) is 18.5. The van der Waals surface area contributed by atoms with Crippen LogP contribution < -0.4 is 5.32 Å². The van der Waals surface area contributed by atoms with Gasteiger partial charge in [0.25, 0.3) is 5.91 Å². The van der Waals surface area contributed by atoms with Gasteiger partial charge in [0.2, 0.25) is 0 Å². The van der Waals surface area contributed by atoms with Crippen LogP contribution in [-0.4, -0.2) is 34.6 Å². The SMILES string of the molecule is COCCCc1sc(-c2ccccc2)nc1C(=O)Nc1ccccc1-c1nc2cccnc2s1. The van der Waals surface area contributed by atoms with Crippen molar-refractivity contribution in [3.05, 3.63) is 83.5 Å². The van der Waals surface area contributed by atoms with Crippen LogP contribution in [0.1, 0.15) is 21.8 Å². The highest BCUT2D eigenvalue weighted by Gasteiger charge is 2.21. The van der Waals surface area contributed by atoms with E-state index in [1.165, 1.54) is 11.3 Å². The highest BCUT2D eigenvalue weighted by Crippen LogP contribution is 2.35. The third-order valence-electron chi connectivity index (χ3n) is 5.26. The first-order chi connectivity index (χ1) is 16.7. The van der Waals surface area contributed by atoms with Gasteiger partial charge in [-0.25, -0.2) is 15.0 Å². The Kier molecular flexibility index (Phi) is 6.71. The third kappa shape index (κ3) is 4.75. The predicted molar refractivity (Wildman–Crippen MR) is 139 cm³/mol. The summed E-state index contributed by atoms with van der Waals surface area (Å²) in [5.41, 5.74) is 3.86. The van der Waals surface area contributed by atoms with E-state index in [2.05, 4.69) is 10.3 Å². The second kappa shape index (κ2) is 10.2. The molecule has 34 heavy (non-hydrogen) atoms. The molecule has 0 unspecified atom stereocenters. The molecule has 5 rings (SSSR count). The van der Waals surface area contributed by atoms with Crippen molar-refractivity contribution in [2.24, 2.45) is 0 Å². The third-order valence-corrected chi connectivity index (χ3v) is 7.43. The van der Waals surface area contributed by atoms with Gasteiger partial charge in [-0.2, -0.15) is 0 Å². The number of anilines is 1. The minimum Gasteiger partial charge on any atom is -0.385 e. The summed E-state index contributed by atoms with van der Waals surface area (Å²) < 4.78 is 5.21. The Morgan fingerprint density at radius 3 is 2.59 bits per heavy atom. The van der Waals surface area contributed by atoms with Crippen molar-refractivity contribution in [3.8, 4) is 21.1 Å². The van der Waals surface area contributed by atoms with Crippen molar-refractivity contribution in [2.45, 2.75) is 12.8 Å². The number of aryl methyl sites for hydroxylation is 1. The lowest BCUT2D eigenvalue weighted by Gasteiger charge is -2.09. The number of hydrogen-bond donors (Lipinski definition) is 1. The van der Waals surface area contributed by atoms with Crippen LogP contribution in [0.3, 0.4) is 0 Å². The summed E-state index contributed by atoms with van der Waals surface area (Å²) in [6, 6.07) is 21.5. The van der Waals surface area contributed by atoms with Crippen LogP contribution >= 0.6 is 22.7 Å². The Bertz CT molecular complexity index is 1400. The molecule has 5 aromatic rings. The van der Waals surface area contributed by atoms with E-state index in [9.17, 15) is 4.79 Å². The zero-order chi connectivity index (χ0) is 23.3. The molecular weight excluding hydrogens is 464 g/mol. The second-order valence-corrected chi connectivity index (χ2v) is 9.66.